The molecule has 0 unspecified atom stereocenters. The van der Waals surface area contributed by atoms with Crippen LogP contribution in [-0.4, -0.2) is 86.6 Å². The molecule has 0 heterocycles. The van der Waals surface area contributed by atoms with E-state index in [-0.39, 0.29) is 26.4 Å². The fraction of sp³-hybridized carbons (Fsp3) is 0.750. The quantitative estimate of drug-likeness (QED) is 0.360. The van der Waals surface area contributed by atoms with Crippen LogP contribution in [0.3, 0.4) is 0 Å². The highest BCUT2D eigenvalue weighted by atomic mass is 16.5. The van der Waals surface area contributed by atoms with Crippen molar-refractivity contribution in [3.05, 3.63) is 0 Å². The molecule has 0 spiro atoms. The van der Waals surface area contributed by atoms with Crippen LogP contribution < -0.4 is 0 Å². The Bertz CT molecular complexity index is 317. The van der Waals surface area contributed by atoms with Crippen molar-refractivity contribution in [1.82, 2.24) is 0 Å². The van der Waals surface area contributed by atoms with E-state index in [0.717, 1.165) is 0 Å². The molecule has 0 aromatic carbocycles. The minimum Gasteiger partial charge on any atom is -0.480 e. The predicted molar refractivity (Wildman–Crippen MR) is 69.7 cm³/mol. The summed E-state index contributed by atoms with van der Waals surface area (Å²) < 4.78 is 20.0. The molecule has 0 fully saturated rings. The van der Waals surface area contributed by atoms with Gasteiger partial charge in [0.2, 0.25) is 0 Å². The lowest BCUT2D eigenvalue weighted by Gasteiger charge is -2.31. The van der Waals surface area contributed by atoms with Crippen LogP contribution in [0.15, 0.2) is 0 Å². The summed E-state index contributed by atoms with van der Waals surface area (Å²) in [4.78, 5) is 31.4. The van der Waals surface area contributed by atoms with Gasteiger partial charge in [-0.25, -0.2) is 14.4 Å². The first-order valence-corrected chi connectivity index (χ1v) is 6.19. The Hall–Kier alpha value is -1.75. The van der Waals surface area contributed by atoms with Gasteiger partial charge in [-0.05, 0) is 0 Å². The Kier molecular flexibility index (Phi) is 10.0. The van der Waals surface area contributed by atoms with Crippen molar-refractivity contribution in [1.29, 1.82) is 0 Å². The summed E-state index contributed by atoms with van der Waals surface area (Å²) in [5, 5.41) is 25.7. The second kappa shape index (κ2) is 10.9. The fourth-order valence-electron chi connectivity index (χ4n) is 1.62. The van der Waals surface area contributed by atoms with Crippen molar-refractivity contribution in [2.45, 2.75) is 0 Å². The Morgan fingerprint density at radius 1 is 0.727 bits per heavy atom. The van der Waals surface area contributed by atoms with E-state index in [1.165, 1.54) is 7.11 Å². The van der Waals surface area contributed by atoms with Gasteiger partial charge in [0.1, 0.15) is 19.8 Å². The lowest BCUT2D eigenvalue weighted by Crippen LogP contribution is -2.42. The highest BCUT2D eigenvalue weighted by molar-refractivity contribution is 5.68. The first-order chi connectivity index (χ1) is 10.3. The van der Waals surface area contributed by atoms with Crippen LogP contribution in [-0.2, 0) is 33.3 Å². The first kappa shape index (κ1) is 20.2. The van der Waals surface area contributed by atoms with Crippen molar-refractivity contribution in [3.8, 4) is 0 Å². The Labute approximate surface area is 126 Å². The van der Waals surface area contributed by atoms with Gasteiger partial charge in [-0.1, -0.05) is 0 Å². The lowest BCUT2D eigenvalue weighted by atomic mass is 9.92. The van der Waals surface area contributed by atoms with Gasteiger partial charge in [-0.15, -0.1) is 0 Å². The maximum absolute atomic E-state index is 10.5. The number of carbonyl (C=O) groups is 3. The van der Waals surface area contributed by atoms with E-state index in [1.807, 2.05) is 0 Å². The molecule has 0 saturated carbocycles. The first-order valence-electron chi connectivity index (χ1n) is 6.19. The third-order valence-corrected chi connectivity index (χ3v) is 2.35. The second-order valence-corrected chi connectivity index (χ2v) is 4.59. The standard InChI is InChI=1S/C12H20O10/c1-19-5-12(6-20-2-9(13)14,7-21-3-10(15)16)8-22-4-11(17)18/h2-8H2,1H3,(H,13,14)(H,15,16)(H,17,18). The number of ether oxygens (including phenoxy) is 4. The highest BCUT2D eigenvalue weighted by Gasteiger charge is 2.33. The van der Waals surface area contributed by atoms with E-state index >= 15 is 0 Å². The van der Waals surface area contributed by atoms with E-state index in [1.54, 1.807) is 0 Å². The molecule has 0 atom stereocenters. The van der Waals surface area contributed by atoms with Gasteiger partial charge in [0.05, 0.1) is 31.8 Å². The van der Waals surface area contributed by atoms with Crippen LogP contribution in [0.2, 0.25) is 0 Å². The van der Waals surface area contributed by atoms with Crippen LogP contribution in [0.5, 0.6) is 0 Å². The lowest BCUT2D eigenvalue weighted by molar-refractivity contribution is -0.154. The number of carboxylic acid groups (broad SMARTS) is 3. The molecule has 0 saturated heterocycles. The molecule has 0 aliphatic rings. The number of carboxylic acids is 3. The molecule has 0 aromatic rings. The molecule has 0 radical (unpaired) electrons. The predicted octanol–water partition coefficient (Wildman–Crippen LogP) is -1.08. The van der Waals surface area contributed by atoms with E-state index in [4.69, 9.17) is 34.3 Å². The third-order valence-electron chi connectivity index (χ3n) is 2.35. The summed E-state index contributed by atoms with van der Waals surface area (Å²) in [6.45, 7) is -2.17. The number of aliphatic carboxylic acids is 3. The minimum absolute atomic E-state index is 0.00581. The number of methoxy groups -OCH3 is 1. The smallest absolute Gasteiger partial charge is 0.329 e. The molecule has 0 aliphatic heterocycles. The number of hydrogen-bond acceptors (Lipinski definition) is 7. The molecule has 0 aliphatic carbocycles. The zero-order valence-electron chi connectivity index (χ0n) is 12.1. The van der Waals surface area contributed by atoms with Gasteiger partial charge in [-0.3, -0.25) is 0 Å². The summed E-state index contributed by atoms with van der Waals surface area (Å²) in [5.74, 6) is -3.53. The molecule has 10 heteroatoms. The Morgan fingerprint density at radius 2 is 1.05 bits per heavy atom. The zero-order valence-corrected chi connectivity index (χ0v) is 12.1. The minimum atomic E-state index is -1.18. The van der Waals surface area contributed by atoms with Crippen molar-refractivity contribution in [3.63, 3.8) is 0 Å². The molecule has 0 amide bonds. The van der Waals surface area contributed by atoms with Gasteiger partial charge < -0.3 is 34.3 Å². The maximum atomic E-state index is 10.5. The van der Waals surface area contributed by atoms with E-state index < -0.39 is 43.1 Å². The van der Waals surface area contributed by atoms with Gasteiger partial charge in [0.15, 0.2) is 0 Å². The fourth-order valence-corrected chi connectivity index (χ4v) is 1.62. The van der Waals surface area contributed by atoms with Crippen LogP contribution >= 0.6 is 0 Å². The van der Waals surface area contributed by atoms with Crippen molar-refractivity contribution < 1.29 is 48.7 Å². The SMILES string of the molecule is COCC(COCC(=O)O)(COCC(=O)O)COCC(=O)O. The Balaban J connectivity index is 4.69. The van der Waals surface area contributed by atoms with Crippen molar-refractivity contribution >= 4 is 17.9 Å². The van der Waals surface area contributed by atoms with E-state index in [2.05, 4.69) is 0 Å². The maximum Gasteiger partial charge on any atom is 0.329 e. The average Bonchev–Trinajstić information content (AvgIpc) is 2.37. The summed E-state index contributed by atoms with van der Waals surface area (Å²) in [5.41, 5.74) is -1.02. The van der Waals surface area contributed by atoms with Crippen LogP contribution in [0, 0.1) is 5.41 Å². The molecule has 3 N–H and O–H groups in total. The molecule has 128 valence electrons. The largest absolute Gasteiger partial charge is 0.480 e. The molecular weight excluding hydrogens is 304 g/mol. The third kappa shape index (κ3) is 10.0. The van der Waals surface area contributed by atoms with Crippen molar-refractivity contribution in [2.24, 2.45) is 5.41 Å². The van der Waals surface area contributed by atoms with Crippen LogP contribution in [0.1, 0.15) is 0 Å². The number of hydrogen-bond donors (Lipinski definition) is 3. The van der Waals surface area contributed by atoms with Gasteiger partial charge in [-0.2, -0.15) is 0 Å². The number of rotatable bonds is 14. The topological polar surface area (TPSA) is 149 Å². The monoisotopic (exact) mass is 324 g/mol. The molecular formula is C12H20O10. The summed E-state index contributed by atoms with van der Waals surface area (Å²) in [6.07, 6.45) is 0. The molecule has 22 heavy (non-hydrogen) atoms. The summed E-state index contributed by atoms with van der Waals surface area (Å²) in [7, 11) is 1.38. The van der Waals surface area contributed by atoms with E-state index in [0.29, 0.717) is 0 Å². The molecule has 0 bridgehead atoms. The van der Waals surface area contributed by atoms with E-state index in [9.17, 15) is 14.4 Å². The van der Waals surface area contributed by atoms with Gasteiger partial charge >= 0.3 is 17.9 Å². The van der Waals surface area contributed by atoms with Gasteiger partial charge in [0.25, 0.3) is 0 Å². The van der Waals surface area contributed by atoms with Gasteiger partial charge in [0, 0.05) is 7.11 Å². The van der Waals surface area contributed by atoms with Crippen LogP contribution in [0.4, 0.5) is 0 Å². The molecule has 10 nitrogen and oxygen atoms in total. The molecule has 0 rings (SSSR count). The van der Waals surface area contributed by atoms with Crippen molar-refractivity contribution in [2.75, 3.05) is 53.4 Å². The Morgan fingerprint density at radius 3 is 1.27 bits per heavy atom. The summed E-state index contributed by atoms with van der Waals surface area (Å²) >= 11 is 0. The highest BCUT2D eigenvalue weighted by Crippen LogP contribution is 2.20. The zero-order chi connectivity index (χ0) is 17.0. The summed E-state index contributed by atoms with van der Waals surface area (Å²) in [6, 6.07) is 0. The molecule has 0 aromatic heterocycles. The normalized spacial score (nSPS) is 11.3. The van der Waals surface area contributed by atoms with Crippen LogP contribution in [0.25, 0.3) is 0 Å². The average molecular weight is 324 g/mol. The second-order valence-electron chi connectivity index (χ2n) is 4.59.